The Kier molecular flexibility index (Phi) is 7.43. The molecule has 1 unspecified atom stereocenters. The Bertz CT molecular complexity index is 1630. The second kappa shape index (κ2) is 11.4. The Hall–Kier alpha value is -4.99. The molecule has 1 atom stereocenters. The number of hydrogen-bond donors (Lipinski definition) is 3. The maximum Gasteiger partial charge on any atom is 0.416 e. The molecule has 10 heteroatoms. The molecule has 0 fully saturated rings. The number of ether oxygens (including phenoxy) is 1. The number of benzene rings is 4. The van der Waals surface area contributed by atoms with E-state index < -0.39 is 30.0 Å². The first-order chi connectivity index (χ1) is 20.7. The molecule has 43 heavy (non-hydrogen) atoms. The van der Waals surface area contributed by atoms with Crippen LogP contribution in [-0.2, 0) is 23.9 Å². The van der Waals surface area contributed by atoms with Crippen LogP contribution in [0.15, 0.2) is 91.0 Å². The van der Waals surface area contributed by atoms with Gasteiger partial charge in [0.05, 0.1) is 11.6 Å². The molecule has 220 valence electrons. The first-order valence-corrected chi connectivity index (χ1v) is 13.8. The lowest BCUT2D eigenvalue weighted by Crippen LogP contribution is -2.46. The van der Waals surface area contributed by atoms with Crippen molar-refractivity contribution in [2.24, 2.45) is 0 Å². The van der Waals surface area contributed by atoms with Gasteiger partial charge in [-0.2, -0.15) is 13.2 Å². The van der Waals surface area contributed by atoms with Crippen LogP contribution >= 0.6 is 0 Å². The highest BCUT2D eigenvalue weighted by Crippen LogP contribution is 2.44. The van der Waals surface area contributed by atoms with Crippen molar-refractivity contribution in [3.63, 3.8) is 0 Å². The minimum atomic E-state index is -4.47. The molecule has 1 heterocycles. The summed E-state index contributed by atoms with van der Waals surface area (Å²) >= 11 is 0. The van der Waals surface area contributed by atoms with E-state index in [9.17, 15) is 27.9 Å². The fourth-order valence-electron chi connectivity index (χ4n) is 6.07. The first kappa shape index (κ1) is 28.1. The number of nitrogens with zero attached hydrogens (tertiary/aromatic N) is 1. The average molecular weight is 588 g/mol. The minimum absolute atomic E-state index is 0.0808. The highest BCUT2D eigenvalue weighted by molar-refractivity contribution is 5.79. The lowest BCUT2D eigenvalue weighted by molar-refractivity contribution is -0.137. The minimum Gasteiger partial charge on any atom is -0.465 e. The normalized spacial score (nSPS) is 15.7. The van der Waals surface area contributed by atoms with Gasteiger partial charge in [-0.05, 0) is 70.1 Å². The molecular formula is C33H28F3N3O4. The SMILES string of the molecule is O=C(O)NC1Cc2c(CNC(=O)OCC3c4ccccc4-c4ccccc43)cccc2N(c2ccc(C(F)(F)F)cc2)C1. The lowest BCUT2D eigenvalue weighted by atomic mass is 9.92. The fourth-order valence-corrected chi connectivity index (χ4v) is 6.07. The van der Waals surface area contributed by atoms with Crippen LogP contribution in [0.2, 0.25) is 0 Å². The molecule has 2 aliphatic rings. The van der Waals surface area contributed by atoms with Crippen LogP contribution in [0.1, 0.15) is 33.7 Å². The Labute approximate surface area is 245 Å². The third-order valence-corrected chi connectivity index (χ3v) is 7.99. The highest BCUT2D eigenvalue weighted by Gasteiger charge is 2.32. The number of nitrogens with one attached hydrogen (secondary N) is 2. The summed E-state index contributed by atoms with van der Waals surface area (Å²) in [5.74, 6) is -0.0808. The highest BCUT2D eigenvalue weighted by atomic mass is 19.4. The lowest BCUT2D eigenvalue weighted by Gasteiger charge is -2.37. The first-order valence-electron chi connectivity index (χ1n) is 13.8. The topological polar surface area (TPSA) is 90.9 Å². The Morgan fingerprint density at radius 1 is 0.884 bits per heavy atom. The Balaban J connectivity index is 1.18. The molecular weight excluding hydrogens is 559 g/mol. The van der Waals surface area contributed by atoms with E-state index >= 15 is 0 Å². The van der Waals surface area contributed by atoms with Crippen LogP contribution in [-0.4, -0.2) is 36.5 Å². The summed E-state index contributed by atoms with van der Waals surface area (Å²) in [5, 5.41) is 14.7. The van der Waals surface area contributed by atoms with Crippen LogP contribution < -0.4 is 15.5 Å². The summed E-state index contributed by atoms with van der Waals surface area (Å²) in [6.07, 6.45) is -5.91. The fraction of sp³-hybridized carbons (Fsp3) is 0.212. The van der Waals surface area contributed by atoms with Crippen molar-refractivity contribution in [2.75, 3.05) is 18.1 Å². The van der Waals surface area contributed by atoms with Crippen LogP contribution in [0.25, 0.3) is 11.1 Å². The third kappa shape index (κ3) is 5.73. The van der Waals surface area contributed by atoms with E-state index in [2.05, 4.69) is 22.8 Å². The number of hydrogen-bond acceptors (Lipinski definition) is 4. The quantitative estimate of drug-likeness (QED) is 0.224. The molecule has 0 aromatic heterocycles. The molecule has 4 aromatic rings. The maximum atomic E-state index is 13.1. The van der Waals surface area contributed by atoms with E-state index in [1.54, 1.807) is 11.0 Å². The summed E-state index contributed by atoms with van der Waals surface area (Å²) in [5.41, 5.74) is 6.46. The third-order valence-electron chi connectivity index (χ3n) is 7.99. The van der Waals surface area contributed by atoms with Crippen LogP contribution in [0, 0.1) is 0 Å². The molecule has 0 saturated carbocycles. The number of alkyl carbamates (subject to hydrolysis) is 1. The average Bonchev–Trinajstić information content (AvgIpc) is 3.31. The van der Waals surface area contributed by atoms with Crippen molar-refractivity contribution >= 4 is 23.6 Å². The molecule has 4 aromatic carbocycles. The van der Waals surface area contributed by atoms with Crippen LogP contribution in [0.3, 0.4) is 0 Å². The summed E-state index contributed by atoms with van der Waals surface area (Å²) in [6.45, 7) is 0.521. The number of rotatable bonds is 6. The predicted octanol–water partition coefficient (Wildman–Crippen LogP) is 7.07. The van der Waals surface area contributed by atoms with Crippen molar-refractivity contribution in [2.45, 2.75) is 31.1 Å². The van der Waals surface area contributed by atoms with Gasteiger partial charge in [-0.1, -0.05) is 60.7 Å². The molecule has 2 amide bonds. The zero-order valence-electron chi connectivity index (χ0n) is 22.9. The predicted molar refractivity (Wildman–Crippen MR) is 155 cm³/mol. The van der Waals surface area contributed by atoms with Gasteiger partial charge in [-0.25, -0.2) is 9.59 Å². The van der Waals surface area contributed by atoms with E-state index in [1.165, 1.54) is 12.1 Å². The van der Waals surface area contributed by atoms with Crippen molar-refractivity contribution in [3.8, 4) is 11.1 Å². The van der Waals surface area contributed by atoms with Gasteiger partial charge < -0.3 is 25.4 Å². The van der Waals surface area contributed by atoms with Gasteiger partial charge in [0.2, 0.25) is 0 Å². The standard InChI is InChI=1S/C33H28F3N3O4/c34-33(35,36)21-12-14-23(15-13-21)39-18-22(38-31(40)41)16-28-20(6-5-11-30(28)39)17-37-32(42)43-19-29-26-9-3-1-7-24(26)25-8-2-4-10-27(25)29/h1-15,22,29,38H,16-19H2,(H,37,42)(H,40,41). The molecule has 7 nitrogen and oxygen atoms in total. The number of carboxylic acid groups (broad SMARTS) is 1. The number of halogens is 3. The summed E-state index contributed by atoms with van der Waals surface area (Å²) in [6, 6.07) is 25.8. The number of carbonyl (C=O) groups is 2. The monoisotopic (exact) mass is 587 g/mol. The maximum absolute atomic E-state index is 13.1. The van der Waals surface area contributed by atoms with Gasteiger partial charge >= 0.3 is 18.4 Å². The molecule has 0 bridgehead atoms. The van der Waals surface area contributed by atoms with E-state index in [1.807, 2.05) is 48.5 Å². The van der Waals surface area contributed by atoms with Crippen molar-refractivity contribution in [1.82, 2.24) is 10.6 Å². The molecule has 1 aliphatic carbocycles. The Morgan fingerprint density at radius 2 is 1.53 bits per heavy atom. The number of fused-ring (bicyclic) bond motifs is 4. The molecule has 6 rings (SSSR count). The molecule has 0 saturated heterocycles. The Morgan fingerprint density at radius 3 is 2.16 bits per heavy atom. The van der Waals surface area contributed by atoms with Crippen LogP contribution in [0.4, 0.5) is 34.1 Å². The zero-order valence-corrected chi connectivity index (χ0v) is 22.9. The van der Waals surface area contributed by atoms with Crippen molar-refractivity contribution in [3.05, 3.63) is 119 Å². The van der Waals surface area contributed by atoms with E-state index in [0.29, 0.717) is 12.1 Å². The van der Waals surface area contributed by atoms with Crippen molar-refractivity contribution in [1.29, 1.82) is 0 Å². The smallest absolute Gasteiger partial charge is 0.416 e. The van der Waals surface area contributed by atoms with Crippen molar-refractivity contribution < 1.29 is 32.6 Å². The van der Waals surface area contributed by atoms with Gasteiger partial charge in [0.1, 0.15) is 6.61 Å². The molecule has 0 spiro atoms. The van der Waals surface area contributed by atoms with Crippen LogP contribution in [0.5, 0.6) is 0 Å². The van der Waals surface area contributed by atoms with E-state index in [0.717, 1.165) is 51.2 Å². The second-order valence-corrected chi connectivity index (χ2v) is 10.6. The molecule has 3 N–H and O–H groups in total. The van der Waals surface area contributed by atoms with Gasteiger partial charge in [0.15, 0.2) is 0 Å². The van der Waals surface area contributed by atoms with Gasteiger partial charge in [-0.15, -0.1) is 0 Å². The summed E-state index contributed by atoms with van der Waals surface area (Å²) < 4.78 is 45.1. The number of amides is 2. The molecule has 0 radical (unpaired) electrons. The van der Waals surface area contributed by atoms with E-state index in [4.69, 9.17) is 4.74 Å². The van der Waals surface area contributed by atoms with Gasteiger partial charge in [-0.3, -0.25) is 0 Å². The number of alkyl halides is 3. The summed E-state index contributed by atoms with van der Waals surface area (Å²) in [7, 11) is 0. The number of carbonyl (C=O) groups excluding carboxylic acids is 1. The second-order valence-electron chi connectivity index (χ2n) is 10.6. The molecule has 1 aliphatic heterocycles. The van der Waals surface area contributed by atoms with Gasteiger partial charge in [0, 0.05) is 30.4 Å². The zero-order chi connectivity index (χ0) is 30.1. The van der Waals surface area contributed by atoms with Gasteiger partial charge in [0.25, 0.3) is 0 Å². The summed E-state index contributed by atoms with van der Waals surface area (Å²) in [4.78, 5) is 26.1. The number of anilines is 2. The van der Waals surface area contributed by atoms with E-state index in [-0.39, 0.29) is 25.6 Å². The largest absolute Gasteiger partial charge is 0.465 e.